The molecule has 2 aromatic rings. The van der Waals surface area contributed by atoms with Crippen LogP contribution in [-0.2, 0) is 14.8 Å². The summed E-state index contributed by atoms with van der Waals surface area (Å²) in [5.74, 6) is -0.535. The number of para-hydroxylation sites is 1. The van der Waals surface area contributed by atoms with Crippen molar-refractivity contribution < 1.29 is 13.2 Å². The summed E-state index contributed by atoms with van der Waals surface area (Å²) in [5.41, 5.74) is 4.99. The molecule has 2 aromatic carbocycles. The van der Waals surface area contributed by atoms with Gasteiger partial charge in [0.05, 0.1) is 17.7 Å². The zero-order valence-corrected chi connectivity index (χ0v) is 16.3. The Bertz CT molecular complexity index is 925. The van der Waals surface area contributed by atoms with E-state index < -0.39 is 15.9 Å². The fraction of sp³-hybridized carbons (Fsp3) is 0.222. The second-order valence-corrected chi connectivity index (χ2v) is 8.14. The zero-order valence-electron chi connectivity index (χ0n) is 14.7. The molecule has 138 valence electrons. The number of anilines is 1. The van der Waals surface area contributed by atoms with Crippen molar-refractivity contribution in [1.82, 2.24) is 5.43 Å². The van der Waals surface area contributed by atoms with E-state index in [0.717, 1.165) is 21.7 Å². The van der Waals surface area contributed by atoms with Crippen molar-refractivity contribution in [3.8, 4) is 0 Å². The molecule has 0 heterocycles. The van der Waals surface area contributed by atoms with Crippen LogP contribution in [0, 0.1) is 6.92 Å². The number of nitrogens with one attached hydrogen (secondary N) is 1. The average Bonchev–Trinajstić information content (AvgIpc) is 2.58. The van der Waals surface area contributed by atoms with Gasteiger partial charge in [0.15, 0.2) is 0 Å². The molecule has 6 nitrogen and oxygen atoms in total. The number of hydrogen-bond donors (Lipinski definition) is 1. The van der Waals surface area contributed by atoms with Gasteiger partial charge in [0.1, 0.15) is 6.54 Å². The lowest BCUT2D eigenvalue weighted by Crippen LogP contribution is -2.39. The van der Waals surface area contributed by atoms with Crippen LogP contribution in [0.4, 0.5) is 5.69 Å². The lowest BCUT2D eigenvalue weighted by molar-refractivity contribution is -0.119. The maximum absolute atomic E-state index is 12.2. The van der Waals surface area contributed by atoms with Gasteiger partial charge in [0, 0.05) is 5.02 Å². The van der Waals surface area contributed by atoms with Crippen LogP contribution < -0.4 is 9.73 Å². The van der Waals surface area contributed by atoms with Crippen molar-refractivity contribution in [3.05, 3.63) is 64.7 Å². The summed E-state index contributed by atoms with van der Waals surface area (Å²) in [5, 5.41) is 4.63. The minimum absolute atomic E-state index is 0.360. The molecule has 1 N–H and O–H groups in total. The molecule has 0 aliphatic heterocycles. The van der Waals surface area contributed by atoms with Gasteiger partial charge in [-0.3, -0.25) is 9.10 Å². The molecule has 0 aliphatic carbocycles. The molecule has 0 aromatic heterocycles. The number of carbonyl (C=O) groups is 1. The molecule has 2 rings (SSSR count). The highest BCUT2D eigenvalue weighted by atomic mass is 35.5. The normalized spacial score (nSPS) is 11.9. The highest BCUT2D eigenvalue weighted by molar-refractivity contribution is 7.92. The van der Waals surface area contributed by atoms with Crippen LogP contribution in [0.2, 0.25) is 5.02 Å². The van der Waals surface area contributed by atoms with E-state index in [1.165, 1.54) is 0 Å². The number of hydrogen-bond acceptors (Lipinski definition) is 4. The van der Waals surface area contributed by atoms with Gasteiger partial charge in [-0.25, -0.2) is 13.8 Å². The smallest absolute Gasteiger partial charge is 0.260 e. The minimum atomic E-state index is -3.62. The maximum atomic E-state index is 12.2. The summed E-state index contributed by atoms with van der Waals surface area (Å²) in [4.78, 5) is 12.2. The molecule has 0 saturated heterocycles. The Morgan fingerprint density at radius 1 is 1.15 bits per heavy atom. The monoisotopic (exact) mass is 393 g/mol. The molecule has 0 bridgehead atoms. The van der Waals surface area contributed by atoms with Gasteiger partial charge in [0.2, 0.25) is 10.0 Å². The van der Waals surface area contributed by atoms with Crippen molar-refractivity contribution in [3.63, 3.8) is 0 Å². The van der Waals surface area contributed by atoms with Crippen molar-refractivity contribution in [1.29, 1.82) is 0 Å². The number of benzene rings is 2. The predicted octanol–water partition coefficient (Wildman–Crippen LogP) is 2.95. The van der Waals surface area contributed by atoms with Crippen LogP contribution in [0.25, 0.3) is 0 Å². The largest absolute Gasteiger partial charge is 0.271 e. The Morgan fingerprint density at radius 3 is 2.35 bits per heavy atom. The first kappa shape index (κ1) is 19.9. The number of sulfonamides is 1. The van der Waals surface area contributed by atoms with Crippen LogP contribution in [0.15, 0.2) is 53.6 Å². The van der Waals surface area contributed by atoms with Crippen LogP contribution in [-0.4, -0.2) is 32.8 Å². The Morgan fingerprint density at radius 2 is 1.77 bits per heavy atom. The van der Waals surface area contributed by atoms with E-state index in [-0.39, 0.29) is 6.54 Å². The zero-order chi connectivity index (χ0) is 19.3. The number of aryl methyl sites for hydroxylation is 1. The van der Waals surface area contributed by atoms with Crippen LogP contribution in [0.3, 0.4) is 0 Å². The van der Waals surface area contributed by atoms with Crippen LogP contribution >= 0.6 is 11.6 Å². The van der Waals surface area contributed by atoms with Gasteiger partial charge in [-0.1, -0.05) is 41.9 Å². The third-order valence-corrected chi connectivity index (χ3v) is 5.06. The maximum Gasteiger partial charge on any atom is 0.260 e. The quantitative estimate of drug-likeness (QED) is 0.605. The molecule has 0 radical (unpaired) electrons. The SMILES string of the molecule is C/C(=N/NC(=O)CN(c1ccccc1C)S(C)(=O)=O)c1ccc(Cl)cc1. The van der Waals surface area contributed by atoms with Gasteiger partial charge in [-0.15, -0.1) is 0 Å². The number of hydrazone groups is 1. The van der Waals surface area contributed by atoms with Crippen molar-refractivity contribution in [2.75, 3.05) is 17.1 Å². The lowest BCUT2D eigenvalue weighted by atomic mass is 10.1. The first-order chi connectivity index (χ1) is 12.2. The Balaban J connectivity index is 2.14. The molecule has 0 aliphatic rings. The van der Waals surface area contributed by atoms with Crippen LogP contribution in [0.5, 0.6) is 0 Å². The Hall–Kier alpha value is -2.38. The lowest BCUT2D eigenvalue weighted by Gasteiger charge is -2.23. The molecule has 26 heavy (non-hydrogen) atoms. The topological polar surface area (TPSA) is 78.8 Å². The predicted molar refractivity (Wildman–Crippen MR) is 105 cm³/mol. The summed E-state index contributed by atoms with van der Waals surface area (Å²) in [6, 6.07) is 14.0. The van der Waals surface area contributed by atoms with E-state index in [2.05, 4.69) is 10.5 Å². The first-order valence-corrected chi connectivity index (χ1v) is 10.0. The molecular formula is C18H20ClN3O3S. The van der Waals surface area contributed by atoms with E-state index in [9.17, 15) is 13.2 Å². The Kier molecular flexibility index (Phi) is 6.39. The molecule has 8 heteroatoms. The van der Waals surface area contributed by atoms with Crippen molar-refractivity contribution in [2.24, 2.45) is 5.10 Å². The molecule has 0 atom stereocenters. The summed E-state index contributed by atoms with van der Waals surface area (Å²) >= 11 is 5.84. The van der Waals surface area contributed by atoms with E-state index in [4.69, 9.17) is 11.6 Å². The highest BCUT2D eigenvalue weighted by Crippen LogP contribution is 2.21. The van der Waals surface area contributed by atoms with Gasteiger partial charge in [-0.05, 0) is 43.2 Å². The third kappa shape index (κ3) is 5.31. The minimum Gasteiger partial charge on any atom is -0.271 e. The number of amides is 1. The van der Waals surface area contributed by atoms with E-state index in [0.29, 0.717) is 16.4 Å². The molecule has 0 saturated carbocycles. The summed E-state index contributed by atoms with van der Waals surface area (Å²) < 4.78 is 25.3. The van der Waals surface area contributed by atoms with Crippen LogP contribution in [0.1, 0.15) is 18.1 Å². The van der Waals surface area contributed by atoms with E-state index in [1.54, 1.807) is 62.4 Å². The van der Waals surface area contributed by atoms with Gasteiger partial charge in [0.25, 0.3) is 5.91 Å². The third-order valence-electron chi connectivity index (χ3n) is 3.68. The number of carbonyl (C=O) groups excluding carboxylic acids is 1. The molecule has 0 fully saturated rings. The van der Waals surface area contributed by atoms with Gasteiger partial charge in [-0.2, -0.15) is 5.10 Å². The molecule has 0 spiro atoms. The number of halogens is 1. The van der Waals surface area contributed by atoms with Crippen molar-refractivity contribution in [2.45, 2.75) is 13.8 Å². The van der Waals surface area contributed by atoms with Crippen molar-refractivity contribution >= 4 is 38.9 Å². The second-order valence-electron chi connectivity index (χ2n) is 5.80. The number of nitrogens with zero attached hydrogens (tertiary/aromatic N) is 2. The van der Waals surface area contributed by atoms with Gasteiger partial charge < -0.3 is 0 Å². The second kappa shape index (κ2) is 8.33. The number of rotatable bonds is 6. The fourth-order valence-corrected chi connectivity index (χ4v) is 3.33. The standard InChI is InChI=1S/C18H20ClN3O3S/c1-13-6-4-5-7-17(13)22(26(3,24)25)12-18(23)21-20-14(2)15-8-10-16(19)11-9-15/h4-11H,12H2,1-3H3,(H,21,23)/b20-14-. The average molecular weight is 394 g/mol. The fourth-order valence-electron chi connectivity index (χ4n) is 2.29. The summed E-state index contributed by atoms with van der Waals surface area (Å²) in [6.07, 6.45) is 1.06. The molecular weight excluding hydrogens is 374 g/mol. The highest BCUT2D eigenvalue weighted by Gasteiger charge is 2.22. The molecule has 0 unspecified atom stereocenters. The first-order valence-electron chi connectivity index (χ1n) is 7.81. The molecule has 1 amide bonds. The summed E-state index contributed by atoms with van der Waals surface area (Å²) in [7, 11) is -3.62. The summed E-state index contributed by atoms with van der Waals surface area (Å²) in [6.45, 7) is 3.16. The van der Waals surface area contributed by atoms with Gasteiger partial charge >= 0.3 is 0 Å². The van der Waals surface area contributed by atoms with E-state index >= 15 is 0 Å². The van der Waals surface area contributed by atoms with E-state index in [1.807, 2.05) is 0 Å². The Labute approximate surface area is 158 Å².